The second-order valence-electron chi connectivity index (χ2n) is 6.52. The van der Waals surface area contributed by atoms with Crippen molar-refractivity contribution in [2.45, 2.75) is 26.0 Å². The normalized spacial score (nSPS) is 14.4. The van der Waals surface area contributed by atoms with Gasteiger partial charge >= 0.3 is 0 Å². The summed E-state index contributed by atoms with van der Waals surface area (Å²) in [6, 6.07) is 2.13. The van der Waals surface area contributed by atoms with Crippen LogP contribution in [0.5, 0.6) is 5.88 Å². The summed E-state index contributed by atoms with van der Waals surface area (Å²) in [7, 11) is 1.84. The molecule has 0 radical (unpaired) electrons. The monoisotopic (exact) mass is 352 g/mol. The highest BCUT2D eigenvalue weighted by Gasteiger charge is 2.25. The maximum atomic E-state index is 5.74. The molecule has 4 heterocycles. The van der Waals surface area contributed by atoms with Crippen LogP contribution in [0, 0.1) is 12.3 Å². The van der Waals surface area contributed by atoms with Crippen molar-refractivity contribution in [3.8, 4) is 18.2 Å². The number of anilines is 2. The predicted molar refractivity (Wildman–Crippen MR) is 97.6 cm³/mol. The van der Waals surface area contributed by atoms with Gasteiger partial charge in [-0.25, -0.2) is 4.98 Å². The number of ether oxygens (including phenoxy) is 2. The largest absolute Gasteiger partial charge is 0.472 e. The van der Waals surface area contributed by atoms with Gasteiger partial charge in [-0.2, -0.15) is 4.98 Å². The zero-order chi connectivity index (χ0) is 18.3. The van der Waals surface area contributed by atoms with E-state index in [-0.39, 0.29) is 12.1 Å². The maximum Gasteiger partial charge on any atom is 0.257 e. The standard InChI is InChI=1S/C18H20N6O2/c1-5-13-6-12-7-19-18(21-16(12)24(13)14-9-25-10-14)20-15-8-23(4)22-17(15)26-11(2)3/h1,6-8,11,14H,9-10H2,2-4H3,(H,19,20,21). The molecular weight excluding hydrogens is 332 g/mol. The topological polar surface area (TPSA) is 79.0 Å². The molecule has 0 bridgehead atoms. The summed E-state index contributed by atoms with van der Waals surface area (Å²) < 4.78 is 14.8. The zero-order valence-electron chi connectivity index (χ0n) is 14.9. The number of nitrogens with zero attached hydrogens (tertiary/aromatic N) is 5. The summed E-state index contributed by atoms with van der Waals surface area (Å²) >= 11 is 0. The fraction of sp³-hybridized carbons (Fsp3) is 0.389. The van der Waals surface area contributed by atoms with Crippen molar-refractivity contribution in [1.29, 1.82) is 0 Å². The Balaban J connectivity index is 1.71. The lowest BCUT2D eigenvalue weighted by atomic mass is 10.2. The number of nitrogens with one attached hydrogen (secondary N) is 1. The van der Waals surface area contributed by atoms with E-state index in [0.717, 1.165) is 16.7 Å². The summed E-state index contributed by atoms with van der Waals surface area (Å²) in [4.78, 5) is 9.06. The van der Waals surface area contributed by atoms with Crippen molar-refractivity contribution in [1.82, 2.24) is 24.3 Å². The third-order valence-corrected chi connectivity index (χ3v) is 4.10. The third-order valence-electron chi connectivity index (χ3n) is 4.10. The van der Waals surface area contributed by atoms with Crippen molar-refractivity contribution in [2.24, 2.45) is 7.05 Å². The minimum Gasteiger partial charge on any atom is -0.472 e. The first kappa shape index (κ1) is 16.4. The summed E-state index contributed by atoms with van der Waals surface area (Å²) in [5.74, 6) is 3.70. The molecule has 0 aliphatic carbocycles. The molecule has 4 rings (SSSR count). The van der Waals surface area contributed by atoms with Gasteiger partial charge in [-0.15, -0.1) is 11.5 Å². The van der Waals surface area contributed by atoms with Crippen LogP contribution in [0.3, 0.4) is 0 Å². The smallest absolute Gasteiger partial charge is 0.257 e. The molecule has 1 N–H and O–H groups in total. The van der Waals surface area contributed by atoms with Gasteiger partial charge in [0, 0.05) is 18.6 Å². The van der Waals surface area contributed by atoms with E-state index in [1.165, 1.54) is 0 Å². The van der Waals surface area contributed by atoms with E-state index in [9.17, 15) is 0 Å². The Morgan fingerprint density at radius 1 is 1.42 bits per heavy atom. The number of terminal acetylenes is 1. The van der Waals surface area contributed by atoms with Crippen LogP contribution in [0.2, 0.25) is 0 Å². The third kappa shape index (κ3) is 2.86. The molecule has 0 aromatic carbocycles. The summed E-state index contributed by atoms with van der Waals surface area (Å²) in [5.41, 5.74) is 2.28. The molecule has 1 aliphatic heterocycles. The van der Waals surface area contributed by atoms with Gasteiger partial charge in [0.25, 0.3) is 5.88 Å². The van der Waals surface area contributed by atoms with Crippen molar-refractivity contribution < 1.29 is 9.47 Å². The van der Waals surface area contributed by atoms with Crippen LogP contribution in [0.25, 0.3) is 11.0 Å². The van der Waals surface area contributed by atoms with Gasteiger partial charge in [0.05, 0.1) is 37.3 Å². The molecule has 1 fully saturated rings. The van der Waals surface area contributed by atoms with Crippen LogP contribution < -0.4 is 10.1 Å². The molecule has 3 aromatic heterocycles. The molecule has 8 heteroatoms. The minimum atomic E-state index is 0.0166. The maximum absolute atomic E-state index is 5.74. The van der Waals surface area contributed by atoms with E-state index < -0.39 is 0 Å². The molecule has 0 atom stereocenters. The number of hydrogen-bond acceptors (Lipinski definition) is 6. The number of fused-ring (bicyclic) bond motifs is 1. The molecular formula is C18H20N6O2. The number of aryl methyl sites for hydroxylation is 1. The highest BCUT2D eigenvalue weighted by molar-refractivity contribution is 5.79. The lowest BCUT2D eigenvalue weighted by Crippen LogP contribution is -2.31. The highest BCUT2D eigenvalue weighted by Crippen LogP contribution is 2.29. The molecule has 0 saturated carbocycles. The molecule has 1 aliphatic rings. The van der Waals surface area contributed by atoms with Crippen molar-refractivity contribution in [3.05, 3.63) is 24.2 Å². The Hall–Kier alpha value is -3.05. The molecule has 0 amide bonds. The SMILES string of the molecule is C#Cc1cc2cnc(Nc3cn(C)nc3OC(C)C)nc2n1C1COC1. The molecule has 134 valence electrons. The predicted octanol–water partition coefficient (Wildman–Crippen LogP) is 2.25. The fourth-order valence-electron chi connectivity index (χ4n) is 2.91. The zero-order valence-corrected chi connectivity index (χ0v) is 14.9. The van der Waals surface area contributed by atoms with E-state index in [4.69, 9.17) is 15.9 Å². The van der Waals surface area contributed by atoms with E-state index in [1.54, 1.807) is 10.9 Å². The first-order chi connectivity index (χ1) is 12.5. The Bertz CT molecular complexity index is 993. The van der Waals surface area contributed by atoms with E-state index in [1.807, 2.05) is 37.7 Å². The van der Waals surface area contributed by atoms with E-state index in [2.05, 4.69) is 26.3 Å². The van der Waals surface area contributed by atoms with Gasteiger partial charge in [0.15, 0.2) is 0 Å². The quantitative estimate of drug-likeness (QED) is 0.710. The van der Waals surface area contributed by atoms with Crippen molar-refractivity contribution in [3.63, 3.8) is 0 Å². The van der Waals surface area contributed by atoms with Crippen LogP contribution in [0.4, 0.5) is 11.6 Å². The molecule has 8 nitrogen and oxygen atoms in total. The average molecular weight is 352 g/mol. The van der Waals surface area contributed by atoms with Crippen LogP contribution in [0.15, 0.2) is 18.5 Å². The van der Waals surface area contributed by atoms with Gasteiger partial charge in [-0.3, -0.25) is 4.68 Å². The second kappa shape index (κ2) is 6.35. The van der Waals surface area contributed by atoms with Crippen molar-refractivity contribution in [2.75, 3.05) is 18.5 Å². The Morgan fingerprint density at radius 2 is 2.23 bits per heavy atom. The van der Waals surface area contributed by atoms with Gasteiger partial charge < -0.3 is 19.4 Å². The van der Waals surface area contributed by atoms with E-state index >= 15 is 0 Å². The van der Waals surface area contributed by atoms with Crippen LogP contribution in [-0.4, -0.2) is 43.6 Å². The average Bonchev–Trinajstić information content (AvgIpc) is 3.06. The number of hydrogen-bond donors (Lipinski definition) is 1. The summed E-state index contributed by atoms with van der Waals surface area (Å²) in [5, 5.41) is 8.42. The molecule has 0 unspecified atom stereocenters. The Morgan fingerprint density at radius 3 is 2.88 bits per heavy atom. The minimum absolute atomic E-state index is 0.0166. The van der Waals surface area contributed by atoms with Gasteiger partial charge in [0.2, 0.25) is 5.95 Å². The molecule has 1 saturated heterocycles. The summed E-state index contributed by atoms with van der Waals surface area (Å²) in [6.07, 6.45) is 9.27. The molecule has 3 aromatic rings. The lowest BCUT2D eigenvalue weighted by Gasteiger charge is -2.28. The first-order valence-corrected chi connectivity index (χ1v) is 8.45. The van der Waals surface area contributed by atoms with Crippen LogP contribution in [-0.2, 0) is 11.8 Å². The van der Waals surface area contributed by atoms with Gasteiger partial charge in [0.1, 0.15) is 11.3 Å². The Labute approximate surface area is 151 Å². The lowest BCUT2D eigenvalue weighted by molar-refractivity contribution is -0.0218. The molecule has 26 heavy (non-hydrogen) atoms. The first-order valence-electron chi connectivity index (χ1n) is 8.45. The van der Waals surface area contributed by atoms with Crippen LogP contribution >= 0.6 is 0 Å². The van der Waals surface area contributed by atoms with Gasteiger partial charge in [-0.05, 0) is 19.9 Å². The fourth-order valence-corrected chi connectivity index (χ4v) is 2.91. The van der Waals surface area contributed by atoms with Crippen molar-refractivity contribution >= 4 is 22.7 Å². The Kier molecular flexibility index (Phi) is 4.01. The highest BCUT2D eigenvalue weighted by atomic mass is 16.5. The molecule has 0 spiro atoms. The number of rotatable bonds is 5. The van der Waals surface area contributed by atoms with Crippen LogP contribution in [0.1, 0.15) is 25.6 Å². The second-order valence-corrected chi connectivity index (χ2v) is 6.52. The summed E-state index contributed by atoms with van der Waals surface area (Å²) in [6.45, 7) is 5.19. The van der Waals surface area contributed by atoms with Gasteiger partial charge in [-0.1, -0.05) is 5.92 Å². The number of aromatic nitrogens is 5. The van der Waals surface area contributed by atoms with E-state index in [0.29, 0.717) is 30.7 Å².